The molecule has 1 N–H and O–H groups in total. The Hall–Kier alpha value is -1.70. The molecular formula is C15H24N2O3. The first-order valence-corrected chi connectivity index (χ1v) is 7.05. The molecular weight excluding hydrogens is 256 g/mol. The van der Waals surface area contributed by atoms with Gasteiger partial charge < -0.3 is 15.0 Å². The largest absolute Gasteiger partial charge is 0.444 e. The number of amides is 2. The molecule has 0 saturated carbocycles. The van der Waals surface area contributed by atoms with Gasteiger partial charge in [0.05, 0.1) is 6.54 Å². The standard InChI is InChI=1S/C15H24N2O3/c1-5-10-17-11-8-6-7-9-12(13(17)18)16-14(19)20-15(2,3)4/h1,12H,6-11H2,2-4H3,(H,16,19)/t12-/m0/s1. The van der Waals surface area contributed by atoms with Crippen molar-refractivity contribution < 1.29 is 14.3 Å². The molecule has 20 heavy (non-hydrogen) atoms. The number of nitrogens with zero attached hydrogens (tertiary/aromatic N) is 1. The summed E-state index contributed by atoms with van der Waals surface area (Å²) in [7, 11) is 0. The average Bonchev–Trinajstić information content (AvgIpc) is 2.31. The normalized spacial score (nSPS) is 20.6. The first kappa shape index (κ1) is 16.4. The molecule has 2 amide bonds. The van der Waals surface area contributed by atoms with Crippen LogP contribution in [0.5, 0.6) is 0 Å². The van der Waals surface area contributed by atoms with E-state index in [1.807, 2.05) is 0 Å². The third kappa shape index (κ3) is 5.52. The van der Waals surface area contributed by atoms with Crippen LogP contribution in [0.3, 0.4) is 0 Å². The molecule has 1 heterocycles. The van der Waals surface area contributed by atoms with E-state index in [1.54, 1.807) is 25.7 Å². The highest BCUT2D eigenvalue weighted by atomic mass is 16.6. The van der Waals surface area contributed by atoms with Crippen molar-refractivity contribution in [3.63, 3.8) is 0 Å². The van der Waals surface area contributed by atoms with Gasteiger partial charge in [-0.3, -0.25) is 4.79 Å². The van der Waals surface area contributed by atoms with Gasteiger partial charge in [-0.2, -0.15) is 0 Å². The van der Waals surface area contributed by atoms with Gasteiger partial charge in [0.15, 0.2) is 0 Å². The number of alkyl carbamates (subject to hydrolysis) is 1. The van der Waals surface area contributed by atoms with E-state index in [0.717, 1.165) is 19.3 Å². The molecule has 1 atom stereocenters. The molecule has 1 saturated heterocycles. The Bertz CT molecular complexity index is 393. The first-order chi connectivity index (χ1) is 9.33. The Morgan fingerprint density at radius 1 is 1.45 bits per heavy atom. The summed E-state index contributed by atoms with van der Waals surface area (Å²) in [6, 6.07) is -0.543. The maximum Gasteiger partial charge on any atom is 0.408 e. The van der Waals surface area contributed by atoms with Gasteiger partial charge in [0.25, 0.3) is 0 Å². The second-order valence-electron chi connectivity index (χ2n) is 6.01. The van der Waals surface area contributed by atoms with Crippen LogP contribution in [0, 0.1) is 12.3 Å². The van der Waals surface area contributed by atoms with Crippen LogP contribution >= 0.6 is 0 Å². The van der Waals surface area contributed by atoms with Crippen molar-refractivity contribution in [3.05, 3.63) is 0 Å². The lowest BCUT2D eigenvalue weighted by Crippen LogP contribution is -2.50. The summed E-state index contributed by atoms with van der Waals surface area (Å²) >= 11 is 0. The van der Waals surface area contributed by atoms with Crippen LogP contribution in [-0.2, 0) is 9.53 Å². The minimum Gasteiger partial charge on any atom is -0.444 e. The fourth-order valence-electron chi connectivity index (χ4n) is 2.13. The molecule has 112 valence electrons. The number of hydrogen-bond donors (Lipinski definition) is 1. The molecule has 1 fully saturated rings. The lowest BCUT2D eigenvalue weighted by Gasteiger charge is -2.29. The summed E-state index contributed by atoms with van der Waals surface area (Å²) in [4.78, 5) is 25.8. The summed E-state index contributed by atoms with van der Waals surface area (Å²) in [5.74, 6) is 2.37. The molecule has 0 aromatic rings. The van der Waals surface area contributed by atoms with Crippen LogP contribution in [0.4, 0.5) is 4.79 Å². The number of terminal acetylenes is 1. The Labute approximate surface area is 121 Å². The van der Waals surface area contributed by atoms with Crippen LogP contribution in [0.1, 0.15) is 46.5 Å². The van der Waals surface area contributed by atoms with E-state index in [-0.39, 0.29) is 12.5 Å². The molecule has 1 aliphatic heterocycles. The second kappa shape index (κ2) is 7.18. The van der Waals surface area contributed by atoms with E-state index in [0.29, 0.717) is 13.0 Å². The maximum absolute atomic E-state index is 12.3. The maximum atomic E-state index is 12.3. The molecule has 0 bridgehead atoms. The molecule has 1 aliphatic rings. The zero-order chi connectivity index (χ0) is 15.2. The number of likely N-dealkylation sites (tertiary alicyclic amines) is 1. The second-order valence-corrected chi connectivity index (χ2v) is 6.01. The van der Waals surface area contributed by atoms with E-state index >= 15 is 0 Å². The molecule has 5 nitrogen and oxygen atoms in total. The topological polar surface area (TPSA) is 58.6 Å². The Morgan fingerprint density at radius 2 is 2.15 bits per heavy atom. The van der Waals surface area contributed by atoms with Crippen LogP contribution < -0.4 is 5.32 Å². The van der Waals surface area contributed by atoms with Crippen LogP contribution in [0.2, 0.25) is 0 Å². The van der Waals surface area contributed by atoms with E-state index in [2.05, 4.69) is 11.2 Å². The molecule has 5 heteroatoms. The van der Waals surface area contributed by atoms with Crippen molar-refractivity contribution in [2.75, 3.05) is 13.1 Å². The Balaban J connectivity index is 2.67. The summed E-state index contributed by atoms with van der Waals surface area (Å²) in [5, 5.41) is 2.66. The van der Waals surface area contributed by atoms with E-state index in [1.165, 1.54) is 0 Å². The highest BCUT2D eigenvalue weighted by Gasteiger charge is 2.28. The summed E-state index contributed by atoms with van der Waals surface area (Å²) in [6.45, 7) is 6.30. The number of carbonyl (C=O) groups is 2. The van der Waals surface area contributed by atoms with Crippen LogP contribution in [0.15, 0.2) is 0 Å². The van der Waals surface area contributed by atoms with Crippen molar-refractivity contribution >= 4 is 12.0 Å². The smallest absolute Gasteiger partial charge is 0.408 e. The highest BCUT2D eigenvalue weighted by molar-refractivity contribution is 5.86. The number of rotatable bonds is 2. The van der Waals surface area contributed by atoms with Gasteiger partial charge in [-0.1, -0.05) is 18.8 Å². The minimum absolute atomic E-state index is 0.117. The van der Waals surface area contributed by atoms with E-state index < -0.39 is 17.7 Å². The molecule has 1 rings (SSSR count). The fraction of sp³-hybridized carbons (Fsp3) is 0.733. The zero-order valence-corrected chi connectivity index (χ0v) is 12.6. The van der Waals surface area contributed by atoms with Gasteiger partial charge in [-0.25, -0.2) is 4.79 Å². The van der Waals surface area contributed by atoms with Crippen molar-refractivity contribution in [2.45, 2.75) is 58.1 Å². The van der Waals surface area contributed by atoms with Crippen molar-refractivity contribution in [1.29, 1.82) is 0 Å². The van der Waals surface area contributed by atoms with E-state index in [9.17, 15) is 9.59 Å². The number of hydrogen-bond acceptors (Lipinski definition) is 3. The quantitative estimate of drug-likeness (QED) is 0.786. The Kier molecular flexibility index (Phi) is 5.87. The van der Waals surface area contributed by atoms with Gasteiger partial charge in [0.1, 0.15) is 11.6 Å². The zero-order valence-electron chi connectivity index (χ0n) is 12.6. The van der Waals surface area contributed by atoms with Gasteiger partial charge >= 0.3 is 6.09 Å². The van der Waals surface area contributed by atoms with Gasteiger partial charge in [0, 0.05) is 6.54 Å². The van der Waals surface area contributed by atoms with Crippen molar-refractivity contribution in [2.24, 2.45) is 0 Å². The molecule has 0 aromatic heterocycles. The monoisotopic (exact) mass is 280 g/mol. The molecule has 0 aromatic carbocycles. The minimum atomic E-state index is -0.576. The molecule has 0 unspecified atom stereocenters. The number of ether oxygens (including phenoxy) is 1. The van der Waals surface area contributed by atoms with Crippen LogP contribution in [-0.4, -0.2) is 41.6 Å². The molecule has 0 aliphatic carbocycles. The first-order valence-electron chi connectivity index (χ1n) is 7.05. The van der Waals surface area contributed by atoms with Gasteiger partial charge in [-0.05, 0) is 33.6 Å². The fourth-order valence-corrected chi connectivity index (χ4v) is 2.13. The average molecular weight is 280 g/mol. The summed E-state index contributed by atoms with van der Waals surface area (Å²) < 4.78 is 5.19. The number of carbonyl (C=O) groups excluding carboxylic acids is 2. The predicted molar refractivity (Wildman–Crippen MR) is 77.0 cm³/mol. The molecule has 0 radical (unpaired) electrons. The summed E-state index contributed by atoms with van der Waals surface area (Å²) in [5.41, 5.74) is -0.576. The van der Waals surface area contributed by atoms with Crippen molar-refractivity contribution in [1.82, 2.24) is 10.2 Å². The molecule has 0 spiro atoms. The SMILES string of the molecule is C#CCN1CCCCC[C@H](NC(=O)OC(C)(C)C)C1=O. The third-order valence-corrected chi connectivity index (χ3v) is 3.00. The Morgan fingerprint density at radius 3 is 2.75 bits per heavy atom. The lowest BCUT2D eigenvalue weighted by molar-refractivity contribution is -0.133. The van der Waals surface area contributed by atoms with Gasteiger partial charge in [0.2, 0.25) is 5.91 Å². The predicted octanol–water partition coefficient (Wildman–Crippen LogP) is 1.92. The lowest BCUT2D eigenvalue weighted by atomic mass is 10.0. The van der Waals surface area contributed by atoms with Crippen molar-refractivity contribution in [3.8, 4) is 12.3 Å². The summed E-state index contributed by atoms with van der Waals surface area (Å²) in [6.07, 6.45) is 8.24. The highest BCUT2D eigenvalue weighted by Crippen LogP contribution is 2.14. The van der Waals surface area contributed by atoms with E-state index in [4.69, 9.17) is 11.2 Å². The van der Waals surface area contributed by atoms with Gasteiger partial charge in [-0.15, -0.1) is 6.42 Å². The number of nitrogens with one attached hydrogen (secondary N) is 1. The van der Waals surface area contributed by atoms with Crippen LogP contribution in [0.25, 0.3) is 0 Å². The third-order valence-electron chi connectivity index (χ3n) is 3.00.